The van der Waals surface area contributed by atoms with Gasteiger partial charge in [0.25, 0.3) is 5.91 Å². The van der Waals surface area contributed by atoms with Crippen LogP contribution in [0.1, 0.15) is 47.9 Å². The third-order valence-electron chi connectivity index (χ3n) is 5.77. The quantitative estimate of drug-likeness (QED) is 0.274. The number of amides is 1. The maximum Gasteiger partial charge on any atom is 0.252 e. The van der Waals surface area contributed by atoms with E-state index in [9.17, 15) is 9.90 Å². The van der Waals surface area contributed by atoms with Gasteiger partial charge in [-0.3, -0.25) is 4.79 Å². The number of rotatable bonds is 15. The Bertz CT molecular complexity index is 1090. The largest absolute Gasteiger partial charge is 0.490 e. The molecule has 7 nitrogen and oxygen atoms in total. The number of benzene rings is 3. The van der Waals surface area contributed by atoms with Crippen LogP contribution in [0.4, 0.5) is 0 Å². The van der Waals surface area contributed by atoms with Crippen LogP contribution in [0.3, 0.4) is 0 Å². The summed E-state index contributed by atoms with van der Waals surface area (Å²) in [6.07, 6.45) is 1.13. The second-order valence-electron chi connectivity index (χ2n) is 8.55. The van der Waals surface area contributed by atoms with E-state index in [2.05, 4.69) is 24.4 Å². The van der Waals surface area contributed by atoms with Crippen LogP contribution in [0.2, 0.25) is 0 Å². The summed E-state index contributed by atoms with van der Waals surface area (Å²) in [7, 11) is 0. The SMILES string of the molecule is CCOc1ccccc1OCCOc1ccc(C(O)CNC(C)CCc2ccccc2)cc1C(N)=O. The van der Waals surface area contributed by atoms with Gasteiger partial charge in [0.05, 0.1) is 18.3 Å². The van der Waals surface area contributed by atoms with Gasteiger partial charge in [0, 0.05) is 12.6 Å². The first-order valence-electron chi connectivity index (χ1n) is 12.3. The van der Waals surface area contributed by atoms with Crippen LogP contribution in [-0.2, 0) is 6.42 Å². The predicted octanol–water partition coefficient (Wildman–Crippen LogP) is 4.29. The molecule has 3 rings (SSSR count). The Morgan fingerprint density at radius 2 is 1.56 bits per heavy atom. The van der Waals surface area contributed by atoms with Crippen molar-refractivity contribution in [3.63, 3.8) is 0 Å². The smallest absolute Gasteiger partial charge is 0.252 e. The molecule has 0 spiro atoms. The second kappa shape index (κ2) is 14.1. The highest BCUT2D eigenvalue weighted by Gasteiger charge is 2.16. The molecular formula is C29H36N2O5. The summed E-state index contributed by atoms with van der Waals surface area (Å²) in [4.78, 5) is 12.1. The number of aliphatic hydroxyl groups excluding tert-OH is 1. The van der Waals surface area contributed by atoms with Crippen molar-refractivity contribution in [2.45, 2.75) is 38.8 Å². The molecule has 0 fully saturated rings. The molecule has 2 atom stereocenters. The van der Waals surface area contributed by atoms with Crippen molar-refractivity contribution in [1.82, 2.24) is 5.32 Å². The van der Waals surface area contributed by atoms with E-state index >= 15 is 0 Å². The van der Waals surface area contributed by atoms with Crippen molar-refractivity contribution in [3.8, 4) is 17.2 Å². The molecule has 4 N–H and O–H groups in total. The Kier molecular flexibility index (Phi) is 10.6. The van der Waals surface area contributed by atoms with Gasteiger partial charge in [0.2, 0.25) is 0 Å². The number of carbonyl (C=O) groups excluding carboxylic acids is 1. The van der Waals surface area contributed by atoms with Gasteiger partial charge in [-0.25, -0.2) is 0 Å². The van der Waals surface area contributed by atoms with Crippen LogP contribution >= 0.6 is 0 Å². The molecule has 192 valence electrons. The molecule has 0 aliphatic heterocycles. The summed E-state index contributed by atoms with van der Waals surface area (Å²) < 4.78 is 17.1. The average molecular weight is 493 g/mol. The fraction of sp³-hybridized carbons (Fsp3) is 0.345. The van der Waals surface area contributed by atoms with E-state index in [0.717, 1.165) is 12.8 Å². The first-order valence-corrected chi connectivity index (χ1v) is 12.3. The topological polar surface area (TPSA) is 103 Å². The number of hydrogen-bond donors (Lipinski definition) is 3. The molecule has 1 amide bonds. The number of carbonyl (C=O) groups is 1. The van der Waals surface area contributed by atoms with Crippen molar-refractivity contribution in [2.24, 2.45) is 5.73 Å². The lowest BCUT2D eigenvalue weighted by Crippen LogP contribution is -2.31. The molecule has 3 aromatic rings. The normalized spacial score (nSPS) is 12.5. The Hall–Kier alpha value is -3.55. The zero-order valence-electron chi connectivity index (χ0n) is 21.0. The third-order valence-corrected chi connectivity index (χ3v) is 5.77. The summed E-state index contributed by atoms with van der Waals surface area (Å²) in [6.45, 7) is 5.38. The zero-order valence-corrected chi connectivity index (χ0v) is 21.0. The van der Waals surface area contributed by atoms with Crippen LogP contribution in [0.15, 0.2) is 72.8 Å². The molecule has 0 saturated carbocycles. The van der Waals surface area contributed by atoms with E-state index in [1.165, 1.54) is 5.56 Å². The van der Waals surface area contributed by atoms with Gasteiger partial charge < -0.3 is 30.4 Å². The summed E-state index contributed by atoms with van der Waals surface area (Å²) in [5.74, 6) is 1.02. The summed E-state index contributed by atoms with van der Waals surface area (Å²) >= 11 is 0. The highest BCUT2D eigenvalue weighted by molar-refractivity contribution is 5.95. The lowest BCUT2D eigenvalue weighted by molar-refractivity contribution is 0.0994. The van der Waals surface area contributed by atoms with Crippen molar-refractivity contribution < 1.29 is 24.1 Å². The van der Waals surface area contributed by atoms with Crippen LogP contribution in [0.5, 0.6) is 17.2 Å². The minimum atomic E-state index is -0.783. The molecule has 7 heteroatoms. The number of primary amides is 1. The number of nitrogens with one attached hydrogen (secondary N) is 1. The van der Waals surface area contributed by atoms with Crippen molar-refractivity contribution in [2.75, 3.05) is 26.4 Å². The molecule has 0 bridgehead atoms. The van der Waals surface area contributed by atoms with Crippen molar-refractivity contribution in [3.05, 3.63) is 89.5 Å². The Morgan fingerprint density at radius 1 is 0.917 bits per heavy atom. The molecule has 3 aromatic carbocycles. The van der Waals surface area contributed by atoms with E-state index in [1.807, 2.05) is 49.4 Å². The first-order chi connectivity index (χ1) is 17.5. The van der Waals surface area contributed by atoms with Gasteiger partial charge in [0.15, 0.2) is 11.5 Å². The van der Waals surface area contributed by atoms with E-state index in [4.69, 9.17) is 19.9 Å². The summed E-state index contributed by atoms with van der Waals surface area (Å²) in [5, 5.41) is 14.0. The number of aryl methyl sites for hydroxylation is 1. The van der Waals surface area contributed by atoms with Crippen LogP contribution in [-0.4, -0.2) is 43.4 Å². The standard InChI is InChI=1S/C29H36N2O5/c1-3-34-27-11-7-8-12-28(27)36-18-17-35-26-16-15-23(19-24(26)29(30)33)25(32)20-31-21(2)13-14-22-9-5-4-6-10-22/h4-12,15-16,19,21,25,31-32H,3,13-14,17-18,20H2,1-2H3,(H2,30,33). The number of aliphatic hydroxyl groups is 1. The highest BCUT2D eigenvalue weighted by Crippen LogP contribution is 2.27. The fourth-order valence-corrected chi connectivity index (χ4v) is 3.78. The zero-order chi connectivity index (χ0) is 25.8. The average Bonchev–Trinajstić information content (AvgIpc) is 2.90. The van der Waals surface area contributed by atoms with E-state index in [-0.39, 0.29) is 24.8 Å². The van der Waals surface area contributed by atoms with E-state index in [1.54, 1.807) is 18.2 Å². The molecule has 0 aliphatic carbocycles. The number of ether oxygens (including phenoxy) is 3. The first kappa shape index (κ1) is 27.0. The number of nitrogens with two attached hydrogens (primary N) is 1. The number of para-hydroxylation sites is 2. The molecule has 0 saturated heterocycles. The van der Waals surface area contributed by atoms with Crippen molar-refractivity contribution >= 4 is 5.91 Å². The molecule has 2 unspecified atom stereocenters. The van der Waals surface area contributed by atoms with E-state index in [0.29, 0.717) is 36.0 Å². The maximum atomic E-state index is 12.1. The number of hydrogen-bond acceptors (Lipinski definition) is 6. The molecule has 0 aromatic heterocycles. The monoisotopic (exact) mass is 492 g/mol. The Labute approximate surface area is 213 Å². The molecule has 0 heterocycles. The highest BCUT2D eigenvalue weighted by atomic mass is 16.5. The lowest BCUT2D eigenvalue weighted by atomic mass is 10.0. The fourth-order valence-electron chi connectivity index (χ4n) is 3.78. The molecule has 0 aliphatic rings. The lowest BCUT2D eigenvalue weighted by Gasteiger charge is -2.19. The van der Waals surface area contributed by atoms with Gasteiger partial charge in [-0.15, -0.1) is 0 Å². The van der Waals surface area contributed by atoms with Gasteiger partial charge in [-0.2, -0.15) is 0 Å². The Balaban J connectivity index is 1.50. The molecular weight excluding hydrogens is 456 g/mol. The van der Waals surface area contributed by atoms with Crippen LogP contribution < -0.4 is 25.3 Å². The minimum Gasteiger partial charge on any atom is -0.490 e. The Morgan fingerprint density at radius 3 is 2.22 bits per heavy atom. The molecule has 0 radical (unpaired) electrons. The molecule has 36 heavy (non-hydrogen) atoms. The van der Waals surface area contributed by atoms with Gasteiger partial charge in [0.1, 0.15) is 19.0 Å². The van der Waals surface area contributed by atoms with E-state index < -0.39 is 12.0 Å². The minimum absolute atomic E-state index is 0.211. The second-order valence-corrected chi connectivity index (χ2v) is 8.55. The van der Waals surface area contributed by atoms with Crippen molar-refractivity contribution in [1.29, 1.82) is 0 Å². The summed E-state index contributed by atoms with van der Waals surface area (Å²) in [5.41, 5.74) is 7.69. The summed E-state index contributed by atoms with van der Waals surface area (Å²) in [6, 6.07) is 22.9. The van der Waals surface area contributed by atoms with Gasteiger partial charge >= 0.3 is 0 Å². The van der Waals surface area contributed by atoms with Gasteiger partial charge in [-0.1, -0.05) is 48.5 Å². The van der Waals surface area contributed by atoms with Gasteiger partial charge in [-0.05, 0) is 62.1 Å². The third kappa shape index (κ3) is 8.29. The predicted molar refractivity (Wildman–Crippen MR) is 141 cm³/mol. The maximum absolute atomic E-state index is 12.1. The van der Waals surface area contributed by atoms with Crippen LogP contribution in [0.25, 0.3) is 0 Å². The van der Waals surface area contributed by atoms with Crippen LogP contribution in [0, 0.1) is 0 Å².